The highest BCUT2D eigenvalue weighted by Gasteiger charge is 2.30. The second-order valence-electron chi connectivity index (χ2n) is 6.41. The van der Waals surface area contributed by atoms with Crippen molar-refractivity contribution in [3.8, 4) is 11.5 Å². The Morgan fingerprint density at radius 1 is 1.19 bits per heavy atom. The van der Waals surface area contributed by atoms with Gasteiger partial charge in [-0.25, -0.2) is 5.01 Å². The van der Waals surface area contributed by atoms with Crippen molar-refractivity contribution < 1.29 is 19.0 Å². The normalized spacial score (nSPS) is 21.1. The van der Waals surface area contributed by atoms with E-state index in [1.54, 1.807) is 19.2 Å². The summed E-state index contributed by atoms with van der Waals surface area (Å²) in [6.45, 7) is 6.76. The third kappa shape index (κ3) is 4.75. The molecule has 0 N–H and O–H groups in total. The first kappa shape index (κ1) is 20.0. The van der Waals surface area contributed by atoms with Gasteiger partial charge in [0.15, 0.2) is 11.5 Å². The Balaban J connectivity index is 1.80. The van der Waals surface area contributed by atoms with Crippen molar-refractivity contribution in [2.24, 2.45) is 5.10 Å². The van der Waals surface area contributed by atoms with Gasteiger partial charge in [0.2, 0.25) is 0 Å². The minimum absolute atomic E-state index is 0.0133. The number of hydrogen-bond acceptors (Lipinski definition) is 7. The molecule has 0 saturated carbocycles. The lowest BCUT2D eigenvalue weighted by atomic mass is 10.0. The van der Waals surface area contributed by atoms with E-state index < -0.39 is 0 Å². The van der Waals surface area contributed by atoms with Gasteiger partial charge in [-0.1, -0.05) is 18.7 Å². The first-order chi connectivity index (χ1) is 13.2. The van der Waals surface area contributed by atoms with Crippen LogP contribution in [0.5, 0.6) is 11.5 Å². The topological polar surface area (TPSA) is 63.6 Å². The molecule has 2 heterocycles. The number of carbonyl (C=O) groups excluding carboxylic acids is 1. The molecule has 1 aromatic carbocycles. The molecule has 2 aliphatic rings. The van der Waals surface area contributed by atoms with Gasteiger partial charge < -0.3 is 14.2 Å². The number of carbonyl (C=O) groups is 1. The highest BCUT2D eigenvalue weighted by Crippen LogP contribution is 2.33. The first-order valence-corrected chi connectivity index (χ1v) is 10.1. The molecule has 1 atom stereocenters. The third-order valence-electron chi connectivity index (χ3n) is 4.77. The van der Waals surface area contributed by atoms with Gasteiger partial charge in [-0.05, 0) is 24.6 Å². The summed E-state index contributed by atoms with van der Waals surface area (Å²) in [5.74, 6) is 1.34. The second kappa shape index (κ2) is 9.43. The number of nitrogens with zero attached hydrogens (tertiary/aromatic N) is 3. The molecule has 1 saturated heterocycles. The van der Waals surface area contributed by atoms with E-state index in [0.717, 1.165) is 50.5 Å². The van der Waals surface area contributed by atoms with Crippen molar-refractivity contribution in [2.75, 3.05) is 53.6 Å². The van der Waals surface area contributed by atoms with Crippen LogP contribution in [0.1, 0.15) is 18.9 Å². The Labute approximate surface area is 164 Å². The van der Waals surface area contributed by atoms with E-state index >= 15 is 0 Å². The lowest BCUT2D eigenvalue weighted by molar-refractivity contribution is 0.0354. The van der Waals surface area contributed by atoms with Gasteiger partial charge in [-0.2, -0.15) is 5.10 Å². The lowest BCUT2D eigenvalue weighted by Gasteiger charge is -2.31. The zero-order valence-corrected chi connectivity index (χ0v) is 17.0. The zero-order chi connectivity index (χ0) is 19.2. The van der Waals surface area contributed by atoms with Crippen LogP contribution in [0.2, 0.25) is 0 Å². The summed E-state index contributed by atoms with van der Waals surface area (Å²) in [4.78, 5) is 14.8. The molecule has 148 valence electrons. The minimum atomic E-state index is 0.0133. The van der Waals surface area contributed by atoms with Crippen LogP contribution in [0.15, 0.2) is 23.3 Å². The molecule has 7 nitrogen and oxygen atoms in total. The van der Waals surface area contributed by atoms with E-state index in [9.17, 15) is 4.79 Å². The van der Waals surface area contributed by atoms with E-state index in [4.69, 9.17) is 19.3 Å². The van der Waals surface area contributed by atoms with Crippen molar-refractivity contribution in [3.05, 3.63) is 23.8 Å². The van der Waals surface area contributed by atoms with Gasteiger partial charge >= 0.3 is 5.24 Å². The molecule has 8 heteroatoms. The third-order valence-corrected chi connectivity index (χ3v) is 6.02. The van der Waals surface area contributed by atoms with E-state index in [-0.39, 0.29) is 10.5 Å². The summed E-state index contributed by atoms with van der Waals surface area (Å²) < 4.78 is 16.1. The average Bonchev–Trinajstić information content (AvgIpc) is 2.72. The van der Waals surface area contributed by atoms with Gasteiger partial charge in [0.25, 0.3) is 0 Å². The smallest absolute Gasteiger partial charge is 0.302 e. The molecule has 0 radical (unpaired) electrons. The molecule has 0 aliphatic carbocycles. The molecule has 3 rings (SSSR count). The molecular formula is C19H27N3O4S. The predicted octanol–water partition coefficient (Wildman–Crippen LogP) is 2.69. The minimum Gasteiger partial charge on any atom is -0.493 e. The molecule has 1 fully saturated rings. The molecule has 1 aromatic rings. The Kier molecular flexibility index (Phi) is 6.98. The van der Waals surface area contributed by atoms with E-state index in [1.807, 2.05) is 18.2 Å². The largest absolute Gasteiger partial charge is 0.493 e. The number of thioether (sulfide) groups is 1. The summed E-state index contributed by atoms with van der Waals surface area (Å²) in [5, 5.41) is 6.37. The Bertz CT molecular complexity index is 692. The van der Waals surface area contributed by atoms with Gasteiger partial charge in [0.1, 0.15) is 0 Å². The molecular weight excluding hydrogens is 366 g/mol. The number of amides is 1. The number of hydrazone groups is 1. The number of morpholine rings is 1. The van der Waals surface area contributed by atoms with Crippen LogP contribution < -0.4 is 9.47 Å². The van der Waals surface area contributed by atoms with Crippen LogP contribution in [-0.2, 0) is 4.74 Å². The van der Waals surface area contributed by atoms with Crippen molar-refractivity contribution >= 4 is 22.7 Å². The molecule has 0 aromatic heterocycles. The summed E-state index contributed by atoms with van der Waals surface area (Å²) in [7, 11) is 3.24. The number of ether oxygens (including phenoxy) is 3. The van der Waals surface area contributed by atoms with E-state index in [2.05, 4.69) is 11.8 Å². The maximum atomic E-state index is 12.5. The van der Waals surface area contributed by atoms with Gasteiger partial charge in [0, 0.05) is 25.2 Å². The van der Waals surface area contributed by atoms with Gasteiger partial charge in [-0.3, -0.25) is 9.69 Å². The van der Waals surface area contributed by atoms with Crippen molar-refractivity contribution in [3.63, 3.8) is 0 Å². The Morgan fingerprint density at radius 2 is 1.93 bits per heavy atom. The lowest BCUT2D eigenvalue weighted by Crippen LogP contribution is -2.43. The standard InChI is InChI=1S/C19H27N3O4S/c1-4-17-18(14-5-6-15(24-2)16(13-14)25-3)20-22(19(23)27-17)8-7-21-9-11-26-12-10-21/h5-6,13,17H,4,7-12H2,1-3H3. The highest BCUT2D eigenvalue weighted by molar-refractivity contribution is 8.14. The van der Waals surface area contributed by atoms with E-state index in [0.29, 0.717) is 18.0 Å². The van der Waals surface area contributed by atoms with Crippen LogP contribution in [-0.4, -0.2) is 79.7 Å². The molecule has 2 aliphatic heterocycles. The highest BCUT2D eigenvalue weighted by atomic mass is 32.2. The van der Waals surface area contributed by atoms with E-state index in [1.165, 1.54) is 11.8 Å². The van der Waals surface area contributed by atoms with Crippen molar-refractivity contribution in [1.82, 2.24) is 9.91 Å². The molecule has 0 bridgehead atoms. The van der Waals surface area contributed by atoms with Crippen LogP contribution in [0.3, 0.4) is 0 Å². The van der Waals surface area contributed by atoms with Crippen molar-refractivity contribution in [2.45, 2.75) is 18.6 Å². The summed E-state index contributed by atoms with van der Waals surface area (Å²) in [5.41, 5.74) is 1.86. The molecule has 1 amide bonds. The number of benzene rings is 1. The Morgan fingerprint density at radius 3 is 2.59 bits per heavy atom. The number of hydrogen-bond donors (Lipinski definition) is 0. The van der Waals surface area contributed by atoms with Crippen molar-refractivity contribution in [1.29, 1.82) is 0 Å². The quantitative estimate of drug-likeness (QED) is 0.710. The second-order valence-corrected chi connectivity index (χ2v) is 7.57. The monoisotopic (exact) mass is 393 g/mol. The van der Waals surface area contributed by atoms with Crippen LogP contribution in [0.4, 0.5) is 4.79 Å². The first-order valence-electron chi connectivity index (χ1n) is 9.25. The molecule has 0 spiro atoms. The molecule has 27 heavy (non-hydrogen) atoms. The van der Waals surface area contributed by atoms with Crippen LogP contribution >= 0.6 is 11.8 Å². The maximum absolute atomic E-state index is 12.5. The summed E-state index contributed by atoms with van der Waals surface area (Å²) in [6.07, 6.45) is 0.834. The Hall–Kier alpha value is -1.77. The fourth-order valence-corrected chi connectivity index (χ4v) is 4.15. The average molecular weight is 394 g/mol. The maximum Gasteiger partial charge on any atom is 0.302 e. The van der Waals surface area contributed by atoms with Gasteiger partial charge in [-0.15, -0.1) is 0 Å². The number of rotatable bonds is 7. The van der Waals surface area contributed by atoms with Crippen LogP contribution in [0.25, 0.3) is 0 Å². The summed E-state index contributed by atoms with van der Waals surface area (Å²) in [6, 6.07) is 5.78. The SMILES string of the molecule is CCC1SC(=O)N(CCN2CCOCC2)N=C1c1ccc(OC)c(OC)c1. The zero-order valence-electron chi connectivity index (χ0n) is 16.1. The molecule has 1 unspecified atom stereocenters. The predicted molar refractivity (Wildman–Crippen MR) is 107 cm³/mol. The summed E-state index contributed by atoms with van der Waals surface area (Å²) >= 11 is 1.35. The van der Waals surface area contributed by atoms with Crippen LogP contribution in [0, 0.1) is 0 Å². The fourth-order valence-electron chi connectivity index (χ4n) is 3.19. The number of methoxy groups -OCH3 is 2. The van der Waals surface area contributed by atoms with Gasteiger partial charge in [0.05, 0.1) is 44.9 Å². The fraction of sp³-hybridized carbons (Fsp3) is 0.579.